The fourth-order valence-corrected chi connectivity index (χ4v) is 3.99. The van der Waals surface area contributed by atoms with Gasteiger partial charge in [0.15, 0.2) is 0 Å². The Labute approximate surface area is 111 Å². The highest BCUT2D eigenvalue weighted by Crippen LogP contribution is 2.29. The molecule has 1 rings (SSSR count). The summed E-state index contributed by atoms with van der Waals surface area (Å²) in [6, 6.07) is 1.59. The number of aryl methyl sites for hydroxylation is 1. The zero-order chi connectivity index (χ0) is 12.9. The van der Waals surface area contributed by atoms with E-state index < -0.39 is 10.0 Å². The van der Waals surface area contributed by atoms with E-state index in [0.29, 0.717) is 17.4 Å². The standard InChI is InChI=1S/C10H17ClN2O2S2/c1-3-4-12-5-6-13-17(14,15)9-7-8(2)10(11)16-9/h7,12-13H,3-6H2,1-2H3. The maximum atomic E-state index is 11.8. The number of rotatable bonds is 7. The highest BCUT2D eigenvalue weighted by atomic mass is 35.5. The van der Waals surface area contributed by atoms with Gasteiger partial charge < -0.3 is 5.32 Å². The van der Waals surface area contributed by atoms with Crippen molar-refractivity contribution in [2.45, 2.75) is 24.5 Å². The lowest BCUT2D eigenvalue weighted by Crippen LogP contribution is -2.31. The van der Waals surface area contributed by atoms with Gasteiger partial charge in [0.25, 0.3) is 0 Å². The molecule has 1 aromatic rings. The van der Waals surface area contributed by atoms with Gasteiger partial charge in [-0.25, -0.2) is 13.1 Å². The quantitative estimate of drug-likeness (QED) is 0.757. The van der Waals surface area contributed by atoms with Gasteiger partial charge in [-0.15, -0.1) is 11.3 Å². The molecule has 2 N–H and O–H groups in total. The normalized spacial score (nSPS) is 11.9. The number of nitrogens with one attached hydrogen (secondary N) is 2. The van der Waals surface area contributed by atoms with Crippen molar-refractivity contribution in [3.63, 3.8) is 0 Å². The second kappa shape index (κ2) is 6.70. The van der Waals surface area contributed by atoms with Crippen molar-refractivity contribution in [2.75, 3.05) is 19.6 Å². The molecule has 98 valence electrons. The molecule has 7 heteroatoms. The summed E-state index contributed by atoms with van der Waals surface area (Å²) in [4.78, 5) is 0. The Morgan fingerprint density at radius 1 is 1.35 bits per heavy atom. The molecular formula is C10H17ClN2O2S2. The molecule has 0 aliphatic rings. The van der Waals surface area contributed by atoms with Crippen LogP contribution >= 0.6 is 22.9 Å². The van der Waals surface area contributed by atoms with Gasteiger partial charge in [-0.05, 0) is 31.5 Å². The summed E-state index contributed by atoms with van der Waals surface area (Å²) in [6.07, 6.45) is 1.03. The average molecular weight is 297 g/mol. The summed E-state index contributed by atoms with van der Waals surface area (Å²) in [6.45, 7) is 5.77. The zero-order valence-corrected chi connectivity index (χ0v) is 12.3. The Morgan fingerprint density at radius 3 is 2.59 bits per heavy atom. The van der Waals surface area contributed by atoms with E-state index in [4.69, 9.17) is 11.6 Å². The second-order valence-electron chi connectivity index (χ2n) is 3.67. The minimum absolute atomic E-state index is 0.274. The first kappa shape index (κ1) is 14.9. The van der Waals surface area contributed by atoms with Crippen molar-refractivity contribution in [2.24, 2.45) is 0 Å². The first-order valence-electron chi connectivity index (χ1n) is 5.43. The smallest absolute Gasteiger partial charge is 0.250 e. The van der Waals surface area contributed by atoms with Gasteiger partial charge in [0.1, 0.15) is 4.21 Å². The van der Waals surface area contributed by atoms with Crippen molar-refractivity contribution in [1.29, 1.82) is 0 Å². The summed E-state index contributed by atoms with van der Waals surface area (Å²) in [5, 5.41) is 3.13. The van der Waals surface area contributed by atoms with Crippen molar-refractivity contribution in [3.05, 3.63) is 16.0 Å². The van der Waals surface area contributed by atoms with Crippen LogP contribution in [0.15, 0.2) is 10.3 Å². The highest BCUT2D eigenvalue weighted by Gasteiger charge is 2.17. The SMILES string of the molecule is CCCNCCNS(=O)(=O)c1cc(C)c(Cl)s1. The van der Waals surface area contributed by atoms with Crippen LogP contribution in [0.5, 0.6) is 0 Å². The predicted molar refractivity (Wildman–Crippen MR) is 72.4 cm³/mol. The molecule has 0 unspecified atom stereocenters. The third kappa shape index (κ3) is 4.56. The van der Waals surface area contributed by atoms with Crippen LogP contribution in [0.25, 0.3) is 0 Å². The minimum atomic E-state index is -3.41. The van der Waals surface area contributed by atoms with Crippen molar-refractivity contribution < 1.29 is 8.42 Å². The lowest BCUT2D eigenvalue weighted by molar-refractivity contribution is 0.577. The number of hydrogen-bond donors (Lipinski definition) is 2. The van der Waals surface area contributed by atoms with E-state index in [1.807, 2.05) is 0 Å². The molecule has 0 aromatic carbocycles. The third-order valence-electron chi connectivity index (χ3n) is 2.12. The molecular weight excluding hydrogens is 280 g/mol. The van der Waals surface area contributed by atoms with Gasteiger partial charge in [0.05, 0.1) is 4.34 Å². The van der Waals surface area contributed by atoms with Gasteiger partial charge in [-0.1, -0.05) is 18.5 Å². The Bertz CT molecular complexity index is 437. The molecule has 0 radical (unpaired) electrons. The van der Waals surface area contributed by atoms with Crippen LogP contribution in [0.3, 0.4) is 0 Å². The Balaban J connectivity index is 2.51. The van der Waals surface area contributed by atoms with Crippen molar-refractivity contribution in [3.8, 4) is 0 Å². The first-order chi connectivity index (χ1) is 7.97. The number of halogens is 1. The molecule has 0 atom stereocenters. The summed E-state index contributed by atoms with van der Waals surface area (Å²) >= 11 is 6.94. The van der Waals surface area contributed by atoms with Gasteiger partial charge in [0.2, 0.25) is 10.0 Å². The van der Waals surface area contributed by atoms with Crippen molar-refractivity contribution in [1.82, 2.24) is 10.0 Å². The van der Waals surface area contributed by atoms with E-state index in [0.717, 1.165) is 29.9 Å². The lowest BCUT2D eigenvalue weighted by atomic mass is 10.4. The van der Waals surface area contributed by atoms with E-state index in [9.17, 15) is 8.42 Å². The van der Waals surface area contributed by atoms with E-state index >= 15 is 0 Å². The molecule has 0 saturated heterocycles. The van der Waals surface area contributed by atoms with Crippen LogP contribution in [0.2, 0.25) is 4.34 Å². The van der Waals surface area contributed by atoms with Gasteiger partial charge in [-0.3, -0.25) is 0 Å². The molecule has 17 heavy (non-hydrogen) atoms. The fraction of sp³-hybridized carbons (Fsp3) is 0.600. The lowest BCUT2D eigenvalue weighted by Gasteiger charge is -2.05. The van der Waals surface area contributed by atoms with Gasteiger partial charge in [-0.2, -0.15) is 0 Å². The number of sulfonamides is 1. The second-order valence-corrected chi connectivity index (χ2v) is 7.32. The van der Waals surface area contributed by atoms with Gasteiger partial charge in [0, 0.05) is 13.1 Å². The molecule has 0 aliphatic carbocycles. The van der Waals surface area contributed by atoms with Crippen LogP contribution in [-0.4, -0.2) is 28.1 Å². The van der Waals surface area contributed by atoms with Crippen LogP contribution in [-0.2, 0) is 10.0 Å². The Kier molecular flexibility index (Phi) is 5.88. The number of thiophene rings is 1. The topological polar surface area (TPSA) is 58.2 Å². The molecule has 0 spiro atoms. The maximum absolute atomic E-state index is 11.8. The van der Waals surface area contributed by atoms with E-state index in [1.54, 1.807) is 13.0 Å². The minimum Gasteiger partial charge on any atom is -0.315 e. The molecule has 1 heterocycles. The van der Waals surface area contributed by atoms with Gasteiger partial charge >= 0.3 is 0 Å². The molecule has 0 bridgehead atoms. The summed E-state index contributed by atoms with van der Waals surface area (Å²) < 4.78 is 27.0. The molecule has 0 saturated carbocycles. The Morgan fingerprint density at radius 2 is 2.06 bits per heavy atom. The number of hydrogen-bond acceptors (Lipinski definition) is 4. The predicted octanol–water partition coefficient (Wildman–Crippen LogP) is 1.99. The average Bonchev–Trinajstić information content (AvgIpc) is 2.60. The summed E-state index contributed by atoms with van der Waals surface area (Å²) in [7, 11) is -3.41. The van der Waals surface area contributed by atoms with E-state index in [-0.39, 0.29) is 4.21 Å². The highest BCUT2D eigenvalue weighted by molar-refractivity contribution is 7.91. The Hall–Kier alpha value is -0.140. The summed E-state index contributed by atoms with van der Waals surface area (Å²) in [5.74, 6) is 0. The van der Waals surface area contributed by atoms with Crippen LogP contribution in [0.1, 0.15) is 18.9 Å². The third-order valence-corrected chi connectivity index (χ3v) is 5.61. The molecule has 0 fully saturated rings. The molecule has 4 nitrogen and oxygen atoms in total. The van der Waals surface area contributed by atoms with Crippen LogP contribution in [0.4, 0.5) is 0 Å². The zero-order valence-electron chi connectivity index (χ0n) is 9.92. The van der Waals surface area contributed by atoms with Crippen LogP contribution in [0, 0.1) is 6.92 Å². The van der Waals surface area contributed by atoms with E-state index in [1.165, 1.54) is 0 Å². The monoisotopic (exact) mass is 296 g/mol. The van der Waals surface area contributed by atoms with E-state index in [2.05, 4.69) is 17.0 Å². The van der Waals surface area contributed by atoms with Crippen molar-refractivity contribution >= 4 is 33.0 Å². The first-order valence-corrected chi connectivity index (χ1v) is 8.11. The largest absolute Gasteiger partial charge is 0.315 e. The maximum Gasteiger partial charge on any atom is 0.250 e. The molecule has 1 aromatic heterocycles. The van der Waals surface area contributed by atoms with Crippen LogP contribution < -0.4 is 10.0 Å². The molecule has 0 aliphatic heterocycles. The molecule has 0 amide bonds. The fourth-order valence-electron chi connectivity index (χ4n) is 1.21. The summed E-state index contributed by atoms with van der Waals surface area (Å²) in [5.41, 5.74) is 0.793.